The molecule has 0 aliphatic carbocycles. The number of nitrogens with one attached hydrogen (secondary N) is 1. The number of rotatable bonds is 7. The van der Waals surface area contributed by atoms with E-state index in [2.05, 4.69) is 15.2 Å². The SMILES string of the molecule is NC(CO)C(=O)N1CCN(C(=O)Nc2ccn(-c3ccc(CCN4CC[C@@H](N)C4)cc3)c(=O)n2)CC1. The van der Waals surface area contributed by atoms with Gasteiger partial charge in [0.2, 0.25) is 5.91 Å². The molecule has 3 heterocycles. The minimum Gasteiger partial charge on any atom is -0.394 e. The summed E-state index contributed by atoms with van der Waals surface area (Å²) in [7, 11) is 0. The first-order chi connectivity index (χ1) is 17.3. The van der Waals surface area contributed by atoms with E-state index in [4.69, 9.17) is 16.6 Å². The number of aliphatic hydroxyl groups is 1. The molecule has 0 radical (unpaired) electrons. The number of hydrogen-bond donors (Lipinski definition) is 4. The summed E-state index contributed by atoms with van der Waals surface area (Å²) in [6.45, 7) is 3.77. The van der Waals surface area contributed by atoms with Crippen LogP contribution in [0.3, 0.4) is 0 Å². The lowest BCUT2D eigenvalue weighted by molar-refractivity contribution is -0.134. The van der Waals surface area contributed by atoms with Crippen LogP contribution < -0.4 is 22.5 Å². The Morgan fingerprint density at radius 2 is 1.78 bits per heavy atom. The second-order valence-electron chi connectivity index (χ2n) is 9.26. The number of aromatic nitrogens is 2. The van der Waals surface area contributed by atoms with Gasteiger partial charge >= 0.3 is 11.7 Å². The van der Waals surface area contributed by atoms with Gasteiger partial charge < -0.3 is 31.3 Å². The number of aliphatic hydroxyl groups excluding tert-OH is 1. The molecule has 36 heavy (non-hydrogen) atoms. The van der Waals surface area contributed by atoms with Gasteiger partial charge in [-0.2, -0.15) is 4.98 Å². The van der Waals surface area contributed by atoms with Crippen LogP contribution >= 0.6 is 0 Å². The maximum atomic E-state index is 12.6. The zero-order chi connectivity index (χ0) is 25.7. The van der Waals surface area contributed by atoms with E-state index < -0.39 is 24.4 Å². The Labute approximate surface area is 209 Å². The number of carbonyl (C=O) groups is 2. The van der Waals surface area contributed by atoms with Crippen LogP contribution in [0.5, 0.6) is 0 Å². The molecule has 12 heteroatoms. The Hall–Kier alpha value is -3.32. The van der Waals surface area contributed by atoms with Gasteiger partial charge in [-0.15, -0.1) is 0 Å². The molecule has 2 fully saturated rings. The number of carbonyl (C=O) groups excluding carboxylic acids is 2. The molecule has 2 aromatic rings. The Kier molecular flexibility index (Phi) is 8.31. The highest BCUT2D eigenvalue weighted by Gasteiger charge is 2.27. The van der Waals surface area contributed by atoms with E-state index >= 15 is 0 Å². The molecule has 0 saturated carbocycles. The normalized spacial score (nSPS) is 19.4. The fraction of sp³-hybridized carbons (Fsp3) is 0.500. The van der Waals surface area contributed by atoms with Crippen LogP contribution in [0.25, 0.3) is 5.69 Å². The summed E-state index contributed by atoms with van der Waals surface area (Å²) >= 11 is 0. The summed E-state index contributed by atoms with van der Waals surface area (Å²) in [4.78, 5) is 46.7. The van der Waals surface area contributed by atoms with Gasteiger partial charge in [-0.3, -0.25) is 14.7 Å². The van der Waals surface area contributed by atoms with Gasteiger partial charge in [-0.1, -0.05) is 12.1 Å². The minimum absolute atomic E-state index is 0.155. The number of hydrogen-bond acceptors (Lipinski definition) is 8. The summed E-state index contributed by atoms with van der Waals surface area (Å²) in [5, 5.41) is 11.7. The van der Waals surface area contributed by atoms with E-state index in [1.165, 1.54) is 19.9 Å². The molecule has 12 nitrogen and oxygen atoms in total. The maximum Gasteiger partial charge on any atom is 0.354 e. The molecule has 2 atom stereocenters. The lowest BCUT2D eigenvalue weighted by atomic mass is 10.1. The van der Waals surface area contributed by atoms with E-state index in [1.54, 1.807) is 12.3 Å². The van der Waals surface area contributed by atoms with Crippen molar-refractivity contribution < 1.29 is 14.7 Å². The van der Waals surface area contributed by atoms with Crippen LogP contribution in [0.2, 0.25) is 0 Å². The second-order valence-corrected chi connectivity index (χ2v) is 9.26. The van der Waals surface area contributed by atoms with Gasteiger partial charge in [0.05, 0.1) is 12.3 Å². The van der Waals surface area contributed by atoms with Gasteiger partial charge in [0.25, 0.3) is 0 Å². The fourth-order valence-electron chi connectivity index (χ4n) is 4.48. The summed E-state index contributed by atoms with van der Waals surface area (Å²) < 4.78 is 1.42. The molecule has 0 spiro atoms. The monoisotopic (exact) mass is 498 g/mol. The quantitative estimate of drug-likeness (QED) is 0.370. The van der Waals surface area contributed by atoms with Crippen LogP contribution in [-0.4, -0.2) is 106 Å². The highest BCUT2D eigenvalue weighted by atomic mass is 16.3. The molecule has 2 aliphatic heterocycles. The van der Waals surface area contributed by atoms with Gasteiger partial charge in [-0.25, -0.2) is 9.59 Å². The smallest absolute Gasteiger partial charge is 0.354 e. The first kappa shape index (κ1) is 25.8. The first-order valence-corrected chi connectivity index (χ1v) is 12.2. The number of urea groups is 1. The topological polar surface area (TPSA) is 163 Å². The average molecular weight is 499 g/mol. The highest BCUT2D eigenvalue weighted by molar-refractivity contribution is 5.88. The predicted molar refractivity (Wildman–Crippen MR) is 135 cm³/mol. The third-order valence-electron chi connectivity index (χ3n) is 6.67. The zero-order valence-corrected chi connectivity index (χ0v) is 20.3. The minimum atomic E-state index is -0.952. The number of piperazine rings is 1. The maximum absolute atomic E-state index is 12.6. The number of amides is 3. The third-order valence-corrected chi connectivity index (χ3v) is 6.67. The Morgan fingerprint density at radius 1 is 1.08 bits per heavy atom. The van der Waals surface area contributed by atoms with Crippen LogP contribution in [0.4, 0.5) is 10.6 Å². The summed E-state index contributed by atoms with van der Waals surface area (Å²) in [6, 6.07) is 8.27. The van der Waals surface area contributed by atoms with Crippen molar-refractivity contribution in [2.45, 2.75) is 24.9 Å². The largest absolute Gasteiger partial charge is 0.394 e. The number of benzene rings is 1. The molecule has 1 aromatic heterocycles. The third kappa shape index (κ3) is 6.26. The van der Waals surface area contributed by atoms with Crippen molar-refractivity contribution in [2.75, 3.05) is 57.7 Å². The molecule has 2 aliphatic rings. The number of nitrogens with two attached hydrogens (primary N) is 2. The fourth-order valence-corrected chi connectivity index (χ4v) is 4.48. The van der Waals surface area contributed by atoms with Crippen molar-refractivity contribution >= 4 is 17.8 Å². The van der Waals surface area contributed by atoms with Crippen LogP contribution in [0.15, 0.2) is 41.3 Å². The van der Waals surface area contributed by atoms with Crippen molar-refractivity contribution in [1.29, 1.82) is 0 Å². The van der Waals surface area contributed by atoms with E-state index in [-0.39, 0.29) is 17.8 Å². The standard InChI is InChI=1S/C24H34N8O4/c25-18-6-9-29(15-18)8-5-17-1-3-19(4-2-17)32-10-7-21(28-24(32)36)27-23(35)31-13-11-30(12-14-31)22(34)20(26)16-33/h1-4,7,10,18,20,33H,5-6,8-9,11-16,25-26H2,(H,27,28,35,36)/t18-,20?/m1/s1. The summed E-state index contributed by atoms with van der Waals surface area (Å²) in [6.07, 6.45) is 3.55. The van der Waals surface area contributed by atoms with Crippen LogP contribution in [-0.2, 0) is 11.2 Å². The van der Waals surface area contributed by atoms with E-state index in [1.807, 2.05) is 24.3 Å². The zero-order valence-electron chi connectivity index (χ0n) is 20.3. The van der Waals surface area contributed by atoms with Gasteiger partial charge in [-0.05, 0) is 43.1 Å². The van der Waals surface area contributed by atoms with Gasteiger partial charge in [0, 0.05) is 51.5 Å². The Balaban J connectivity index is 1.30. The van der Waals surface area contributed by atoms with Crippen molar-refractivity contribution in [2.24, 2.45) is 11.5 Å². The van der Waals surface area contributed by atoms with E-state index in [0.29, 0.717) is 31.9 Å². The van der Waals surface area contributed by atoms with Crippen molar-refractivity contribution in [3.05, 3.63) is 52.6 Å². The first-order valence-electron chi connectivity index (χ1n) is 12.2. The van der Waals surface area contributed by atoms with Gasteiger partial charge in [0.15, 0.2) is 0 Å². The van der Waals surface area contributed by atoms with Gasteiger partial charge in [0.1, 0.15) is 11.9 Å². The molecule has 2 saturated heterocycles. The molecule has 1 aromatic carbocycles. The second kappa shape index (κ2) is 11.6. The van der Waals surface area contributed by atoms with Crippen molar-refractivity contribution in [3.63, 3.8) is 0 Å². The number of likely N-dealkylation sites (tertiary alicyclic amines) is 1. The molecule has 3 amide bonds. The lowest BCUT2D eigenvalue weighted by Crippen LogP contribution is -2.55. The van der Waals surface area contributed by atoms with Crippen molar-refractivity contribution in [3.8, 4) is 5.69 Å². The van der Waals surface area contributed by atoms with E-state index in [9.17, 15) is 14.4 Å². The number of anilines is 1. The Morgan fingerprint density at radius 3 is 2.39 bits per heavy atom. The van der Waals surface area contributed by atoms with Crippen molar-refractivity contribution in [1.82, 2.24) is 24.3 Å². The van der Waals surface area contributed by atoms with Crippen LogP contribution in [0.1, 0.15) is 12.0 Å². The molecule has 6 N–H and O–H groups in total. The summed E-state index contributed by atoms with van der Waals surface area (Å²) in [5.74, 6) is -0.185. The Bertz CT molecular complexity index is 1110. The average Bonchev–Trinajstić information content (AvgIpc) is 3.32. The molecular formula is C24H34N8O4. The number of nitrogens with zero attached hydrogens (tertiary/aromatic N) is 5. The summed E-state index contributed by atoms with van der Waals surface area (Å²) in [5.41, 5.74) is 12.9. The molecule has 1 unspecified atom stereocenters. The molecule has 4 rings (SSSR count). The molecule has 194 valence electrons. The van der Waals surface area contributed by atoms with Crippen LogP contribution in [0, 0.1) is 0 Å². The highest BCUT2D eigenvalue weighted by Crippen LogP contribution is 2.13. The molecular weight excluding hydrogens is 464 g/mol. The molecule has 0 bridgehead atoms. The lowest BCUT2D eigenvalue weighted by Gasteiger charge is -2.35. The van der Waals surface area contributed by atoms with E-state index in [0.717, 1.165) is 32.5 Å². The predicted octanol–water partition coefficient (Wildman–Crippen LogP) is -1.20.